The third kappa shape index (κ3) is 6.59. The first-order valence-corrected chi connectivity index (χ1v) is 11.4. The highest BCUT2D eigenvalue weighted by Gasteiger charge is 2.56. The van der Waals surface area contributed by atoms with E-state index in [2.05, 4.69) is 125 Å². The molecular formula is C35H30. The van der Waals surface area contributed by atoms with Crippen LogP contribution >= 0.6 is 0 Å². The van der Waals surface area contributed by atoms with Crippen LogP contribution in [0, 0.1) is 35.0 Å². The van der Waals surface area contributed by atoms with Crippen LogP contribution in [0.2, 0.25) is 0 Å². The van der Waals surface area contributed by atoms with Crippen molar-refractivity contribution in [2.75, 3.05) is 0 Å². The minimum atomic E-state index is -0.847. The van der Waals surface area contributed by atoms with Gasteiger partial charge in [-0.15, -0.1) is 11.5 Å². The fourth-order valence-electron chi connectivity index (χ4n) is 3.87. The molecule has 2 saturated carbocycles. The molecule has 0 radical (unpaired) electrons. The summed E-state index contributed by atoms with van der Waals surface area (Å²) in [6, 6.07) is 0. The van der Waals surface area contributed by atoms with Crippen molar-refractivity contribution in [2.24, 2.45) is 11.3 Å². The van der Waals surface area contributed by atoms with Crippen molar-refractivity contribution >= 4 is 0 Å². The summed E-state index contributed by atoms with van der Waals surface area (Å²) in [5.74, 6) is 11.9. The van der Waals surface area contributed by atoms with E-state index in [4.69, 9.17) is 0 Å². The fraction of sp³-hybridized carbons (Fsp3) is 0.257. The normalized spacial score (nSPS) is 17.6. The van der Waals surface area contributed by atoms with Gasteiger partial charge in [0.2, 0.25) is 0 Å². The lowest BCUT2D eigenvalue weighted by Gasteiger charge is -2.39. The van der Waals surface area contributed by atoms with Gasteiger partial charge in [-0.1, -0.05) is 87.1 Å². The number of allylic oxidation sites excluding steroid dienone is 5. The van der Waals surface area contributed by atoms with Crippen molar-refractivity contribution in [3.05, 3.63) is 130 Å². The maximum atomic E-state index is 3.91. The van der Waals surface area contributed by atoms with Crippen LogP contribution in [0.5, 0.6) is 0 Å². The van der Waals surface area contributed by atoms with Gasteiger partial charge in [-0.25, -0.2) is 0 Å². The second kappa shape index (κ2) is 16.8. The Morgan fingerprint density at radius 2 is 1.40 bits per heavy atom. The van der Waals surface area contributed by atoms with Gasteiger partial charge in [-0.2, -0.15) is 0 Å². The summed E-state index contributed by atoms with van der Waals surface area (Å²) in [5, 5.41) is 0. The van der Waals surface area contributed by atoms with Crippen molar-refractivity contribution < 1.29 is 0 Å². The average Bonchev–Trinajstić information content (AvgIpc) is 3.26. The van der Waals surface area contributed by atoms with Crippen LogP contribution in [0.4, 0.5) is 0 Å². The first-order valence-electron chi connectivity index (χ1n) is 11.4. The lowest BCUT2D eigenvalue weighted by molar-refractivity contribution is 0.441. The van der Waals surface area contributed by atoms with E-state index in [0.717, 1.165) is 17.6 Å². The highest BCUT2D eigenvalue weighted by atomic mass is 14.5. The molecule has 0 heteroatoms. The zero-order valence-electron chi connectivity index (χ0n) is 21.5. The van der Waals surface area contributed by atoms with Crippen LogP contribution in [0.3, 0.4) is 0 Å². The monoisotopic (exact) mass is 450 g/mol. The first kappa shape index (κ1) is 30.2. The van der Waals surface area contributed by atoms with Crippen LogP contribution in [0.15, 0.2) is 130 Å². The molecule has 0 aromatic rings. The molecule has 2 unspecified atom stereocenters. The average molecular weight is 451 g/mol. The molecule has 2 rings (SSSR count). The van der Waals surface area contributed by atoms with Crippen molar-refractivity contribution in [3.63, 3.8) is 0 Å². The van der Waals surface area contributed by atoms with Gasteiger partial charge < -0.3 is 0 Å². The summed E-state index contributed by atoms with van der Waals surface area (Å²) in [6.45, 7) is 28.3. The molecule has 0 aliphatic heterocycles. The fourth-order valence-corrected chi connectivity index (χ4v) is 3.87. The van der Waals surface area contributed by atoms with Crippen molar-refractivity contribution in [1.29, 1.82) is 0 Å². The van der Waals surface area contributed by atoms with Crippen LogP contribution < -0.4 is 0 Å². The molecule has 0 bridgehead atoms. The smallest absolute Gasteiger partial charge is 0.103 e. The van der Waals surface area contributed by atoms with Crippen LogP contribution in [0.1, 0.15) is 47.5 Å². The van der Waals surface area contributed by atoms with E-state index in [1.165, 1.54) is 0 Å². The molecule has 2 atom stereocenters. The van der Waals surface area contributed by atoms with E-state index >= 15 is 0 Å². The van der Waals surface area contributed by atoms with Gasteiger partial charge in [-0.3, -0.25) is 0 Å². The Bertz CT molecular complexity index is 1500. The van der Waals surface area contributed by atoms with Crippen molar-refractivity contribution in [3.8, 4) is 23.7 Å². The zero-order chi connectivity index (χ0) is 26.7. The Balaban J connectivity index is 0.00000274. The zero-order valence-corrected chi connectivity index (χ0v) is 21.5. The lowest BCUT2D eigenvalue weighted by Crippen LogP contribution is -2.35. The number of rotatable bonds is 0. The maximum absolute atomic E-state index is 3.91. The molecule has 2 aliphatic rings. The highest BCUT2D eigenvalue weighted by molar-refractivity contribution is 5.69. The molecule has 0 heterocycles. The summed E-state index contributed by atoms with van der Waals surface area (Å²) in [6.07, 6.45) is 1.48. The quantitative estimate of drug-likeness (QED) is 0.258. The lowest BCUT2D eigenvalue weighted by atomic mass is 9.59. The van der Waals surface area contributed by atoms with Gasteiger partial charge >= 0.3 is 0 Å². The Kier molecular flexibility index (Phi) is 14.5. The minimum absolute atomic E-state index is 0.104. The van der Waals surface area contributed by atoms with Gasteiger partial charge in [-0.05, 0) is 74.3 Å². The molecule has 2 aliphatic carbocycles. The van der Waals surface area contributed by atoms with E-state index in [9.17, 15) is 0 Å². The summed E-state index contributed by atoms with van der Waals surface area (Å²) in [4.78, 5) is 0. The first-order chi connectivity index (χ1) is 17.2. The molecule has 2 fully saturated rings. The third-order valence-electron chi connectivity index (χ3n) is 4.92. The van der Waals surface area contributed by atoms with Gasteiger partial charge in [0, 0.05) is 28.2 Å². The maximum Gasteiger partial charge on any atom is 0.103 e. The standard InChI is InChI=1S/C31H18.2C2H6/c1-7-13-16-17-20-25-22-23-30-27(12-6)26(11-5)28(19-10-4)29(21-15-9-3)31(25,30)24-18-14-8-2;2*1-2/h30H,1,3-6,22-23H2,2H3;2*1-2H3. The topological polar surface area (TPSA) is 0 Å². The van der Waals surface area contributed by atoms with Crippen LogP contribution in [-0.4, -0.2) is 0 Å². The molecule has 0 N–H and O–H groups in total. The van der Waals surface area contributed by atoms with Gasteiger partial charge in [0.1, 0.15) is 5.41 Å². The molecule has 0 aromatic carbocycles. The van der Waals surface area contributed by atoms with E-state index in [1.807, 2.05) is 27.7 Å². The third-order valence-corrected chi connectivity index (χ3v) is 4.92. The van der Waals surface area contributed by atoms with E-state index in [1.54, 1.807) is 6.92 Å². The predicted molar refractivity (Wildman–Crippen MR) is 147 cm³/mol. The van der Waals surface area contributed by atoms with E-state index in [0.29, 0.717) is 23.1 Å². The highest BCUT2D eigenvalue weighted by Crippen LogP contribution is 2.61. The van der Waals surface area contributed by atoms with E-state index < -0.39 is 5.41 Å². The summed E-state index contributed by atoms with van der Waals surface area (Å²) in [5.41, 5.74) is 37.3. The van der Waals surface area contributed by atoms with Gasteiger partial charge in [0.25, 0.3) is 0 Å². The van der Waals surface area contributed by atoms with E-state index in [-0.39, 0.29) is 5.92 Å². The Morgan fingerprint density at radius 3 is 1.94 bits per heavy atom. The Hall–Kier alpha value is -4.82. The predicted octanol–water partition coefficient (Wildman–Crippen LogP) is 8.12. The largest absolute Gasteiger partial charge is 0.123 e. The summed E-state index contributed by atoms with van der Waals surface area (Å²) in [7, 11) is 0. The number of hydrogen-bond donors (Lipinski definition) is 0. The molecule has 0 spiro atoms. The summed E-state index contributed by atoms with van der Waals surface area (Å²) >= 11 is 0. The number of fused-ring (bicyclic) bond motifs is 1. The molecule has 0 amide bonds. The number of hydrogen-bond acceptors (Lipinski definition) is 0. The second-order valence-electron chi connectivity index (χ2n) is 6.30. The Labute approximate surface area is 211 Å². The minimum Gasteiger partial charge on any atom is -0.123 e. The second-order valence-corrected chi connectivity index (χ2v) is 6.30. The molecular weight excluding hydrogens is 420 g/mol. The molecule has 35 heavy (non-hydrogen) atoms. The SMILES string of the molecule is C=C=C=C=C=C=C1CCC2C(=C=C)C(=C=C)C(=C=C=C)C(=C=C=C=C)C12C#CC#CC.CC.CC. The Morgan fingerprint density at radius 1 is 0.714 bits per heavy atom. The van der Waals surface area contributed by atoms with Gasteiger partial charge in [0.05, 0.1) is 5.57 Å². The van der Waals surface area contributed by atoms with Gasteiger partial charge in [0.15, 0.2) is 0 Å². The molecule has 170 valence electrons. The van der Waals surface area contributed by atoms with Crippen LogP contribution in [0.25, 0.3) is 0 Å². The van der Waals surface area contributed by atoms with Crippen molar-refractivity contribution in [2.45, 2.75) is 47.5 Å². The molecule has 0 aromatic heterocycles. The molecule has 0 nitrogen and oxygen atoms in total. The molecule has 0 saturated heterocycles. The van der Waals surface area contributed by atoms with Crippen molar-refractivity contribution in [1.82, 2.24) is 0 Å². The summed E-state index contributed by atoms with van der Waals surface area (Å²) < 4.78 is 0. The van der Waals surface area contributed by atoms with Crippen LogP contribution in [-0.2, 0) is 0 Å².